The van der Waals surface area contributed by atoms with Crippen LogP contribution in [-0.2, 0) is 29.4 Å². The summed E-state index contributed by atoms with van der Waals surface area (Å²) in [6.45, 7) is 1.59. The highest BCUT2D eigenvalue weighted by atomic mass is 32.2. The number of alkyl halides is 3. The molecule has 28 heavy (non-hydrogen) atoms. The van der Waals surface area contributed by atoms with Gasteiger partial charge >= 0.3 is 21.6 Å². The summed E-state index contributed by atoms with van der Waals surface area (Å²) in [6.07, 6.45) is 1.79. The van der Waals surface area contributed by atoms with Crippen molar-refractivity contribution in [3.63, 3.8) is 0 Å². The molecule has 0 amide bonds. The number of carbonyl (C=O) groups excluding carboxylic acids is 1. The molecule has 0 unspecified atom stereocenters. The van der Waals surface area contributed by atoms with E-state index in [1.165, 1.54) is 48.5 Å². The van der Waals surface area contributed by atoms with E-state index in [4.69, 9.17) is 8.92 Å². The zero-order valence-corrected chi connectivity index (χ0v) is 15.5. The fraction of sp³-hybridized carbons (Fsp3) is 0.211. The predicted molar refractivity (Wildman–Crippen MR) is 95.5 cm³/mol. The number of hydrogen-bond acceptors (Lipinski definition) is 5. The summed E-state index contributed by atoms with van der Waals surface area (Å²) in [5.41, 5.74) is -7.73. The Morgan fingerprint density at radius 2 is 1.43 bits per heavy atom. The Kier molecular flexibility index (Phi) is 6.63. The Labute approximate surface area is 160 Å². The molecular weight excluding hydrogens is 397 g/mol. The molecule has 0 heterocycles. The third kappa shape index (κ3) is 4.79. The van der Waals surface area contributed by atoms with Crippen LogP contribution in [0.4, 0.5) is 13.2 Å². The maximum atomic E-state index is 13.1. The standard InChI is InChI=1S/C19H17F3O5S/c1-2-26-17(23)13-14-18(15-9-5-3-6-10-15,16-11-7-4-8-12-16)27-28(24,25)19(20,21)22/h3-14H,2H2,1H3/b14-13+. The van der Waals surface area contributed by atoms with Crippen LogP contribution in [0.25, 0.3) is 0 Å². The highest BCUT2D eigenvalue weighted by molar-refractivity contribution is 7.87. The molecule has 2 aromatic rings. The van der Waals surface area contributed by atoms with Crippen LogP contribution in [-0.4, -0.2) is 26.5 Å². The van der Waals surface area contributed by atoms with Crippen LogP contribution in [0.5, 0.6) is 0 Å². The van der Waals surface area contributed by atoms with E-state index in [0.717, 1.165) is 12.2 Å². The van der Waals surface area contributed by atoms with Crippen molar-refractivity contribution in [3.05, 3.63) is 83.9 Å². The first-order valence-corrected chi connectivity index (χ1v) is 9.52. The van der Waals surface area contributed by atoms with Crippen molar-refractivity contribution in [2.45, 2.75) is 18.0 Å². The number of rotatable bonds is 7. The van der Waals surface area contributed by atoms with Crippen molar-refractivity contribution < 1.29 is 35.3 Å². The maximum absolute atomic E-state index is 13.1. The van der Waals surface area contributed by atoms with Crippen molar-refractivity contribution in [2.24, 2.45) is 0 Å². The first-order valence-electron chi connectivity index (χ1n) is 8.11. The third-order valence-electron chi connectivity index (χ3n) is 3.67. The number of ether oxygens (including phenoxy) is 1. The van der Waals surface area contributed by atoms with E-state index in [2.05, 4.69) is 0 Å². The van der Waals surface area contributed by atoms with E-state index in [0.29, 0.717) is 0 Å². The van der Waals surface area contributed by atoms with Crippen LogP contribution in [0.3, 0.4) is 0 Å². The summed E-state index contributed by atoms with van der Waals surface area (Å²) in [5.74, 6) is -0.855. The van der Waals surface area contributed by atoms with Gasteiger partial charge in [0.2, 0.25) is 0 Å². The minimum absolute atomic E-state index is 0.0363. The van der Waals surface area contributed by atoms with Gasteiger partial charge in [0.15, 0.2) is 5.60 Å². The van der Waals surface area contributed by atoms with Crippen molar-refractivity contribution in [2.75, 3.05) is 6.61 Å². The van der Waals surface area contributed by atoms with Gasteiger partial charge < -0.3 is 4.74 Å². The van der Waals surface area contributed by atoms with E-state index in [-0.39, 0.29) is 17.7 Å². The van der Waals surface area contributed by atoms with Crippen LogP contribution in [0.1, 0.15) is 18.1 Å². The normalized spacial score (nSPS) is 12.9. The van der Waals surface area contributed by atoms with E-state index < -0.39 is 27.2 Å². The Morgan fingerprint density at radius 1 is 0.964 bits per heavy atom. The monoisotopic (exact) mass is 414 g/mol. The lowest BCUT2D eigenvalue weighted by Crippen LogP contribution is -2.37. The third-order valence-corrected chi connectivity index (χ3v) is 4.72. The minimum atomic E-state index is -6.02. The molecule has 0 saturated carbocycles. The second-order valence-electron chi connectivity index (χ2n) is 5.54. The van der Waals surface area contributed by atoms with Crippen LogP contribution in [0, 0.1) is 0 Å². The predicted octanol–water partition coefficient (Wildman–Crippen LogP) is 3.92. The van der Waals surface area contributed by atoms with Gasteiger partial charge in [0.05, 0.1) is 6.61 Å². The summed E-state index contributed by atoms with van der Waals surface area (Å²) in [7, 11) is -6.02. The van der Waals surface area contributed by atoms with Crippen molar-refractivity contribution in [3.8, 4) is 0 Å². The highest BCUT2D eigenvalue weighted by Gasteiger charge is 2.52. The molecule has 0 aliphatic rings. The van der Waals surface area contributed by atoms with Gasteiger partial charge in [-0.25, -0.2) is 8.98 Å². The van der Waals surface area contributed by atoms with Crippen LogP contribution in [0.2, 0.25) is 0 Å². The molecule has 0 fully saturated rings. The van der Waals surface area contributed by atoms with E-state index >= 15 is 0 Å². The van der Waals surface area contributed by atoms with Gasteiger partial charge in [0, 0.05) is 6.08 Å². The van der Waals surface area contributed by atoms with Crippen LogP contribution >= 0.6 is 0 Å². The molecule has 0 spiro atoms. The first kappa shape index (κ1) is 21.6. The molecule has 0 N–H and O–H groups in total. The van der Waals surface area contributed by atoms with E-state index in [9.17, 15) is 26.4 Å². The molecular formula is C19H17F3O5S. The SMILES string of the molecule is CCOC(=O)/C=C/C(OS(=O)(=O)C(F)(F)F)(c1ccccc1)c1ccccc1. The fourth-order valence-electron chi connectivity index (χ4n) is 2.45. The molecule has 0 aromatic heterocycles. The van der Waals surface area contributed by atoms with Gasteiger partial charge in [-0.1, -0.05) is 60.7 Å². The lowest BCUT2D eigenvalue weighted by molar-refractivity contribution is -0.137. The molecule has 5 nitrogen and oxygen atoms in total. The van der Waals surface area contributed by atoms with E-state index in [1.807, 2.05) is 0 Å². The van der Waals surface area contributed by atoms with Crippen LogP contribution in [0.15, 0.2) is 72.8 Å². The van der Waals surface area contributed by atoms with Gasteiger partial charge in [0.1, 0.15) is 0 Å². The van der Waals surface area contributed by atoms with Gasteiger partial charge in [-0.2, -0.15) is 21.6 Å². The molecule has 9 heteroatoms. The average Bonchev–Trinajstić information content (AvgIpc) is 2.66. The molecule has 0 atom stereocenters. The number of carbonyl (C=O) groups is 1. The van der Waals surface area contributed by atoms with Gasteiger partial charge in [0.25, 0.3) is 0 Å². The molecule has 0 radical (unpaired) electrons. The summed E-state index contributed by atoms with van der Waals surface area (Å²) in [4.78, 5) is 11.8. The average molecular weight is 414 g/mol. The maximum Gasteiger partial charge on any atom is 0.523 e. The zero-order valence-electron chi connectivity index (χ0n) is 14.7. The molecule has 150 valence electrons. The first-order chi connectivity index (χ1) is 13.1. The molecule has 0 aliphatic heterocycles. The molecule has 0 aliphatic carbocycles. The van der Waals surface area contributed by atoms with Gasteiger partial charge in [-0.15, -0.1) is 0 Å². The van der Waals surface area contributed by atoms with Gasteiger partial charge in [-0.3, -0.25) is 0 Å². The summed E-state index contributed by atoms with van der Waals surface area (Å²) >= 11 is 0. The molecule has 0 saturated heterocycles. The molecule has 0 bridgehead atoms. The second kappa shape index (κ2) is 8.57. The van der Waals surface area contributed by atoms with Crippen molar-refractivity contribution in [1.82, 2.24) is 0 Å². The van der Waals surface area contributed by atoms with Crippen LogP contribution < -0.4 is 0 Å². The summed E-state index contributed by atoms with van der Waals surface area (Å²) in [5, 5.41) is 0. The summed E-state index contributed by atoms with van der Waals surface area (Å²) in [6, 6.07) is 14.8. The zero-order chi connectivity index (χ0) is 20.8. The topological polar surface area (TPSA) is 69.7 Å². The number of halogens is 3. The lowest BCUT2D eigenvalue weighted by Gasteiger charge is -2.31. The molecule has 2 rings (SSSR count). The Balaban J connectivity index is 2.74. The van der Waals surface area contributed by atoms with Crippen molar-refractivity contribution >= 4 is 16.1 Å². The second-order valence-corrected chi connectivity index (χ2v) is 7.07. The minimum Gasteiger partial charge on any atom is -0.463 e. The van der Waals surface area contributed by atoms with Crippen molar-refractivity contribution in [1.29, 1.82) is 0 Å². The summed E-state index contributed by atoms with van der Waals surface area (Å²) < 4.78 is 72.5. The number of esters is 1. The largest absolute Gasteiger partial charge is 0.523 e. The number of benzene rings is 2. The fourth-order valence-corrected chi connectivity index (χ4v) is 3.14. The number of hydrogen-bond donors (Lipinski definition) is 0. The highest BCUT2D eigenvalue weighted by Crippen LogP contribution is 2.40. The van der Waals surface area contributed by atoms with Gasteiger partial charge in [-0.05, 0) is 24.1 Å². The van der Waals surface area contributed by atoms with E-state index in [1.54, 1.807) is 19.1 Å². The lowest BCUT2D eigenvalue weighted by atomic mass is 9.86. The Bertz CT molecular complexity index is 884. The Morgan fingerprint density at radius 3 is 1.82 bits per heavy atom. The molecule has 2 aromatic carbocycles. The smallest absolute Gasteiger partial charge is 0.463 e. The quantitative estimate of drug-likeness (QED) is 0.297. The Hall–Kier alpha value is -2.65.